The van der Waals surface area contributed by atoms with E-state index in [2.05, 4.69) is 31.1 Å². The van der Waals surface area contributed by atoms with Crippen LogP contribution in [0, 0.1) is 0 Å². The van der Waals surface area contributed by atoms with Crippen LogP contribution >= 0.6 is 27.7 Å². The van der Waals surface area contributed by atoms with E-state index in [4.69, 9.17) is 5.11 Å². The molecule has 8 heteroatoms. The van der Waals surface area contributed by atoms with Crippen molar-refractivity contribution in [1.29, 1.82) is 0 Å². The number of aromatic hydroxyl groups is 1. The maximum absolute atomic E-state index is 10.4. The van der Waals surface area contributed by atoms with Crippen LogP contribution in [0.3, 0.4) is 0 Å². The molecule has 1 aromatic heterocycles. The number of thioether (sulfide) groups is 1. The molecule has 0 saturated carbocycles. The number of benzene rings is 1. The van der Waals surface area contributed by atoms with Crippen LogP contribution in [0.2, 0.25) is 0 Å². The molecule has 6 nitrogen and oxygen atoms in total. The fourth-order valence-corrected chi connectivity index (χ4v) is 2.15. The monoisotopic (exact) mass is 329 g/mol. The van der Waals surface area contributed by atoms with Gasteiger partial charge in [0.1, 0.15) is 5.75 Å². The van der Waals surface area contributed by atoms with E-state index in [1.54, 1.807) is 12.1 Å². The van der Waals surface area contributed by atoms with Crippen LogP contribution in [0.1, 0.15) is 0 Å². The molecule has 0 aliphatic rings. The van der Waals surface area contributed by atoms with Crippen LogP contribution in [0.15, 0.2) is 27.8 Å². The molecule has 0 fully saturated rings. The van der Waals surface area contributed by atoms with Gasteiger partial charge in [-0.1, -0.05) is 27.7 Å². The van der Waals surface area contributed by atoms with Gasteiger partial charge in [-0.15, -0.1) is 10.2 Å². The Morgan fingerprint density at radius 3 is 2.94 bits per heavy atom. The molecule has 2 aromatic rings. The number of carboxylic acid groups (broad SMARTS) is 1. The number of aromatic nitrogens is 3. The molecule has 1 aromatic carbocycles. The summed E-state index contributed by atoms with van der Waals surface area (Å²) in [6.07, 6.45) is 0. The summed E-state index contributed by atoms with van der Waals surface area (Å²) >= 11 is 4.33. The van der Waals surface area contributed by atoms with Gasteiger partial charge in [-0.25, -0.2) is 0 Å². The number of rotatable bonds is 4. The van der Waals surface area contributed by atoms with Gasteiger partial charge in [-0.2, -0.15) is 0 Å². The molecule has 0 bridgehead atoms. The molecule has 0 aliphatic heterocycles. The van der Waals surface area contributed by atoms with Crippen molar-refractivity contribution in [1.82, 2.24) is 15.2 Å². The average molecular weight is 330 g/mol. The predicted octanol–water partition coefficient (Wildman–Crippen LogP) is 2.12. The highest BCUT2D eigenvalue weighted by atomic mass is 79.9. The summed E-state index contributed by atoms with van der Waals surface area (Å²) in [5.74, 6) is -0.562. The standard InChI is InChI=1S/C10H8BrN3O3S/c11-5-1-2-7(15)6(3-5)9-12-10(14-13-9)18-4-8(16)17/h1-3,15H,4H2,(H,16,17)(H,12,13,14). The molecule has 0 saturated heterocycles. The highest BCUT2D eigenvalue weighted by Gasteiger charge is 2.11. The third-order valence-corrected chi connectivity index (χ3v) is 3.35. The molecule has 0 atom stereocenters. The summed E-state index contributed by atoms with van der Waals surface area (Å²) in [6, 6.07) is 4.93. The number of aromatic amines is 1. The lowest BCUT2D eigenvalue weighted by Gasteiger charge is -2.00. The number of hydrogen-bond donors (Lipinski definition) is 3. The third-order valence-electron chi connectivity index (χ3n) is 2.01. The number of halogens is 1. The summed E-state index contributed by atoms with van der Waals surface area (Å²) in [6.45, 7) is 0. The first-order valence-electron chi connectivity index (χ1n) is 4.82. The molecule has 94 valence electrons. The Morgan fingerprint density at radius 2 is 2.22 bits per heavy atom. The van der Waals surface area contributed by atoms with E-state index in [0.29, 0.717) is 16.5 Å². The highest BCUT2D eigenvalue weighted by molar-refractivity contribution is 9.10. The number of H-pyrrole nitrogens is 1. The van der Waals surface area contributed by atoms with Crippen molar-refractivity contribution in [3.05, 3.63) is 22.7 Å². The Bertz CT molecular complexity index is 587. The number of hydrogen-bond acceptors (Lipinski definition) is 5. The van der Waals surface area contributed by atoms with Gasteiger partial charge in [0, 0.05) is 4.47 Å². The van der Waals surface area contributed by atoms with Gasteiger partial charge in [-0.3, -0.25) is 4.79 Å². The quantitative estimate of drug-likeness (QED) is 0.743. The number of carbonyl (C=O) groups is 1. The van der Waals surface area contributed by atoms with Gasteiger partial charge in [0.25, 0.3) is 0 Å². The van der Waals surface area contributed by atoms with Crippen LogP contribution in [0.4, 0.5) is 0 Å². The minimum Gasteiger partial charge on any atom is -0.507 e. The minimum absolute atomic E-state index is 0.0733. The van der Waals surface area contributed by atoms with E-state index in [-0.39, 0.29) is 11.5 Å². The summed E-state index contributed by atoms with van der Waals surface area (Å²) in [4.78, 5) is 13.3. The zero-order valence-electron chi connectivity index (χ0n) is 8.92. The van der Waals surface area contributed by atoms with Crippen molar-refractivity contribution in [2.75, 3.05) is 5.75 Å². The topological polar surface area (TPSA) is 99.1 Å². The second-order valence-corrected chi connectivity index (χ2v) is 5.20. The van der Waals surface area contributed by atoms with Crippen molar-refractivity contribution in [3.63, 3.8) is 0 Å². The second kappa shape index (κ2) is 5.40. The molecule has 0 radical (unpaired) electrons. The summed E-state index contributed by atoms with van der Waals surface area (Å²) in [7, 11) is 0. The Balaban J connectivity index is 2.23. The van der Waals surface area contributed by atoms with Crippen molar-refractivity contribution < 1.29 is 15.0 Å². The lowest BCUT2D eigenvalue weighted by molar-refractivity contribution is -0.133. The Hall–Kier alpha value is -1.54. The summed E-state index contributed by atoms with van der Waals surface area (Å²) < 4.78 is 0.798. The van der Waals surface area contributed by atoms with Crippen molar-refractivity contribution in [3.8, 4) is 17.1 Å². The summed E-state index contributed by atoms with van der Waals surface area (Å²) in [5.41, 5.74) is 0.499. The fourth-order valence-electron chi connectivity index (χ4n) is 1.26. The highest BCUT2D eigenvalue weighted by Crippen LogP contribution is 2.30. The minimum atomic E-state index is -0.928. The van der Waals surface area contributed by atoms with Crippen LogP contribution in [-0.2, 0) is 4.79 Å². The van der Waals surface area contributed by atoms with E-state index in [1.807, 2.05) is 0 Å². The number of phenolic OH excluding ortho intramolecular Hbond substituents is 1. The van der Waals surface area contributed by atoms with Gasteiger partial charge >= 0.3 is 5.97 Å². The second-order valence-electron chi connectivity index (χ2n) is 3.32. The molecule has 0 amide bonds. The van der Waals surface area contributed by atoms with Crippen molar-refractivity contribution in [2.45, 2.75) is 5.16 Å². The predicted molar refractivity (Wildman–Crippen MR) is 69.5 cm³/mol. The van der Waals surface area contributed by atoms with E-state index in [0.717, 1.165) is 16.2 Å². The van der Waals surface area contributed by atoms with Crippen molar-refractivity contribution in [2.24, 2.45) is 0 Å². The average Bonchev–Trinajstić information content (AvgIpc) is 2.78. The first-order valence-corrected chi connectivity index (χ1v) is 6.60. The first kappa shape index (κ1) is 12.9. The Kier molecular flexibility index (Phi) is 3.87. The van der Waals surface area contributed by atoms with E-state index in [9.17, 15) is 9.90 Å². The van der Waals surface area contributed by atoms with Crippen molar-refractivity contribution >= 4 is 33.7 Å². The Labute approximate surface area is 115 Å². The maximum atomic E-state index is 10.4. The number of phenols is 1. The molecular weight excluding hydrogens is 322 g/mol. The molecular formula is C10H8BrN3O3S. The molecule has 2 rings (SSSR count). The van der Waals surface area contributed by atoms with E-state index >= 15 is 0 Å². The third kappa shape index (κ3) is 3.02. The lowest BCUT2D eigenvalue weighted by Crippen LogP contribution is -1.97. The zero-order chi connectivity index (χ0) is 13.1. The first-order chi connectivity index (χ1) is 8.56. The SMILES string of the molecule is O=C(O)CSc1nnc(-c2cc(Br)ccc2O)[nH]1. The largest absolute Gasteiger partial charge is 0.507 e. The normalized spacial score (nSPS) is 10.5. The maximum Gasteiger partial charge on any atom is 0.313 e. The van der Waals surface area contributed by atoms with Crippen LogP contribution in [0.5, 0.6) is 5.75 Å². The van der Waals surface area contributed by atoms with Crippen LogP contribution in [-0.4, -0.2) is 37.1 Å². The molecule has 3 N–H and O–H groups in total. The molecule has 0 aliphatic carbocycles. The number of carboxylic acids is 1. The fraction of sp³-hybridized carbons (Fsp3) is 0.100. The van der Waals surface area contributed by atoms with Gasteiger partial charge < -0.3 is 15.2 Å². The molecule has 0 unspecified atom stereocenters. The lowest BCUT2D eigenvalue weighted by atomic mass is 10.2. The molecule has 1 heterocycles. The smallest absolute Gasteiger partial charge is 0.313 e. The number of nitrogens with one attached hydrogen (secondary N) is 1. The molecule has 0 spiro atoms. The van der Waals surface area contributed by atoms with Gasteiger partial charge in [0.05, 0.1) is 11.3 Å². The molecule has 18 heavy (non-hydrogen) atoms. The summed E-state index contributed by atoms with van der Waals surface area (Å²) in [5, 5.41) is 26.3. The van der Waals surface area contributed by atoms with E-state index < -0.39 is 5.97 Å². The van der Waals surface area contributed by atoms with Gasteiger partial charge in [0.2, 0.25) is 0 Å². The van der Waals surface area contributed by atoms with Crippen LogP contribution < -0.4 is 0 Å². The number of aliphatic carboxylic acids is 1. The zero-order valence-corrected chi connectivity index (χ0v) is 11.3. The number of nitrogens with zero attached hydrogens (tertiary/aromatic N) is 2. The van der Waals surface area contributed by atoms with Crippen LogP contribution in [0.25, 0.3) is 11.4 Å². The van der Waals surface area contributed by atoms with Gasteiger partial charge in [-0.05, 0) is 18.2 Å². The van der Waals surface area contributed by atoms with Gasteiger partial charge in [0.15, 0.2) is 11.0 Å². The van der Waals surface area contributed by atoms with E-state index in [1.165, 1.54) is 6.07 Å². The Morgan fingerprint density at radius 1 is 1.44 bits per heavy atom.